The third-order valence-corrected chi connectivity index (χ3v) is 1.10. The Kier molecular flexibility index (Phi) is 4.94. The average molecular weight is 185 g/mol. The number of carbonyl (C=O) groups is 2. The lowest BCUT2D eigenvalue weighted by atomic mass is 10.5. The van der Waals surface area contributed by atoms with Gasteiger partial charge in [0.15, 0.2) is 5.76 Å². The molecule has 0 bridgehead atoms. The van der Waals surface area contributed by atoms with Gasteiger partial charge in [-0.2, -0.15) is 0 Å². The van der Waals surface area contributed by atoms with Crippen molar-refractivity contribution in [3.63, 3.8) is 0 Å². The second-order valence-electron chi connectivity index (χ2n) is 2.01. The number of primary amides is 1. The predicted octanol–water partition coefficient (Wildman–Crippen LogP) is -1.22. The van der Waals surface area contributed by atoms with Crippen LogP contribution in [0.5, 0.6) is 0 Å². The lowest BCUT2D eigenvalue weighted by molar-refractivity contribution is -0.116. The van der Waals surface area contributed by atoms with E-state index < -0.39 is 5.91 Å². The fraction of sp³-hybridized carbons (Fsp3) is 0.286. The maximum Gasteiger partial charge on any atom is 0.283 e. The molecule has 0 aliphatic rings. The predicted molar refractivity (Wildman–Crippen MR) is 46.8 cm³/mol. The maximum absolute atomic E-state index is 10.5. The zero-order valence-electron chi connectivity index (χ0n) is 7.24. The van der Waals surface area contributed by atoms with Gasteiger partial charge in [-0.05, 0) is 0 Å². The summed E-state index contributed by atoms with van der Waals surface area (Å²) in [6, 6.07) is 0. The molecule has 0 unspecified atom stereocenters. The Balaban J connectivity index is 4.06. The van der Waals surface area contributed by atoms with Gasteiger partial charge in [0.25, 0.3) is 5.91 Å². The number of nitrogens with zero attached hydrogens (tertiary/aromatic N) is 1. The fourth-order valence-corrected chi connectivity index (χ4v) is 0.482. The molecule has 0 saturated carbocycles. The summed E-state index contributed by atoms with van der Waals surface area (Å²) in [4.78, 5) is 24.0. The summed E-state index contributed by atoms with van der Waals surface area (Å²) in [6.07, 6.45) is 0.488. The molecule has 72 valence electrons. The quantitative estimate of drug-likeness (QED) is 0.185. The zero-order valence-corrected chi connectivity index (χ0v) is 7.24. The van der Waals surface area contributed by atoms with Crippen LogP contribution in [0.15, 0.2) is 17.3 Å². The van der Waals surface area contributed by atoms with Gasteiger partial charge in [-0.25, -0.2) is 0 Å². The van der Waals surface area contributed by atoms with E-state index in [1.165, 1.54) is 7.05 Å². The first-order valence-corrected chi connectivity index (χ1v) is 3.41. The second kappa shape index (κ2) is 5.76. The monoisotopic (exact) mass is 185 g/mol. The number of aliphatic imine (C=N–C) groups is 1. The third-order valence-electron chi connectivity index (χ3n) is 1.10. The molecule has 13 heavy (non-hydrogen) atoms. The molecule has 0 saturated heterocycles. The Morgan fingerprint density at radius 2 is 2.38 bits per heavy atom. The molecular weight excluding hydrogens is 174 g/mol. The van der Waals surface area contributed by atoms with Crippen LogP contribution in [0.3, 0.4) is 0 Å². The van der Waals surface area contributed by atoms with Gasteiger partial charge in [0.1, 0.15) is 0 Å². The van der Waals surface area contributed by atoms with Crippen molar-refractivity contribution < 1.29 is 14.3 Å². The summed E-state index contributed by atoms with van der Waals surface area (Å²) in [5, 5.41) is 2.31. The number of nitrogens with one attached hydrogen (secondary N) is 1. The highest BCUT2D eigenvalue weighted by atomic mass is 16.5. The SMILES string of the molecule is C=C(OC(CNC=O)=NC)C(N)=O. The van der Waals surface area contributed by atoms with E-state index in [0.717, 1.165) is 0 Å². The van der Waals surface area contributed by atoms with Crippen LogP contribution in [0.4, 0.5) is 0 Å². The van der Waals surface area contributed by atoms with Gasteiger partial charge in [0.2, 0.25) is 12.3 Å². The van der Waals surface area contributed by atoms with Crippen LogP contribution < -0.4 is 11.1 Å². The summed E-state index contributed by atoms with van der Waals surface area (Å²) >= 11 is 0. The first-order valence-electron chi connectivity index (χ1n) is 3.41. The number of nitrogens with two attached hydrogens (primary N) is 1. The minimum Gasteiger partial charge on any atom is -0.436 e. The van der Waals surface area contributed by atoms with Crippen LogP contribution in [0.1, 0.15) is 0 Å². The van der Waals surface area contributed by atoms with Gasteiger partial charge < -0.3 is 15.8 Å². The molecule has 0 radical (unpaired) electrons. The Morgan fingerprint density at radius 3 is 2.77 bits per heavy atom. The first-order chi connectivity index (χ1) is 6.11. The summed E-state index contributed by atoms with van der Waals surface area (Å²) < 4.78 is 4.82. The minimum absolute atomic E-state index is 0.0896. The van der Waals surface area contributed by atoms with Crippen molar-refractivity contribution in [3.8, 4) is 0 Å². The number of amides is 2. The van der Waals surface area contributed by atoms with Crippen molar-refractivity contribution in [1.82, 2.24) is 5.32 Å². The van der Waals surface area contributed by atoms with Crippen LogP contribution in [0.25, 0.3) is 0 Å². The van der Waals surface area contributed by atoms with Gasteiger partial charge in [0.05, 0.1) is 6.54 Å². The van der Waals surface area contributed by atoms with Crippen molar-refractivity contribution in [2.45, 2.75) is 0 Å². The maximum atomic E-state index is 10.5. The summed E-state index contributed by atoms with van der Waals surface area (Å²) in [5.74, 6) is -0.823. The topological polar surface area (TPSA) is 93.8 Å². The minimum atomic E-state index is -0.771. The van der Waals surface area contributed by atoms with Crippen molar-refractivity contribution in [2.75, 3.05) is 13.6 Å². The van der Waals surface area contributed by atoms with Crippen molar-refractivity contribution >= 4 is 18.2 Å². The van der Waals surface area contributed by atoms with Crippen LogP contribution in [0, 0.1) is 0 Å². The van der Waals surface area contributed by atoms with Crippen molar-refractivity contribution in [1.29, 1.82) is 0 Å². The van der Waals surface area contributed by atoms with Crippen LogP contribution >= 0.6 is 0 Å². The Bertz CT molecular complexity index is 247. The van der Waals surface area contributed by atoms with E-state index >= 15 is 0 Å². The van der Waals surface area contributed by atoms with E-state index in [2.05, 4.69) is 16.9 Å². The summed E-state index contributed by atoms with van der Waals surface area (Å²) in [5.41, 5.74) is 4.86. The molecule has 0 heterocycles. The van der Waals surface area contributed by atoms with Crippen LogP contribution in [-0.2, 0) is 14.3 Å². The van der Waals surface area contributed by atoms with Gasteiger partial charge in [-0.3, -0.25) is 14.6 Å². The van der Waals surface area contributed by atoms with E-state index in [4.69, 9.17) is 10.5 Å². The lowest BCUT2D eigenvalue weighted by Crippen LogP contribution is -2.26. The molecule has 0 spiro atoms. The first kappa shape index (κ1) is 11.2. The van der Waals surface area contributed by atoms with Gasteiger partial charge >= 0.3 is 0 Å². The van der Waals surface area contributed by atoms with E-state index in [-0.39, 0.29) is 18.2 Å². The average Bonchev–Trinajstić information content (AvgIpc) is 2.11. The molecule has 0 rings (SSSR count). The van der Waals surface area contributed by atoms with Gasteiger partial charge in [-0.15, -0.1) is 0 Å². The largest absolute Gasteiger partial charge is 0.436 e. The summed E-state index contributed by atoms with van der Waals surface area (Å²) in [6.45, 7) is 3.35. The molecule has 0 aromatic heterocycles. The molecule has 6 heteroatoms. The third kappa shape index (κ3) is 4.57. The van der Waals surface area contributed by atoms with E-state index in [1.54, 1.807) is 0 Å². The highest BCUT2D eigenvalue weighted by molar-refractivity contribution is 5.93. The number of hydrogen-bond donors (Lipinski definition) is 2. The van der Waals surface area contributed by atoms with E-state index in [9.17, 15) is 9.59 Å². The standard InChI is InChI=1S/C7H11N3O3/c1-5(7(8)12)13-6(9-2)3-10-4-11/h4H,1,3H2,2H3,(H2,8,12)(H,10,11). The highest BCUT2D eigenvalue weighted by Gasteiger charge is 2.06. The number of ether oxygens (including phenoxy) is 1. The van der Waals surface area contributed by atoms with E-state index in [1.807, 2.05) is 0 Å². The molecule has 6 nitrogen and oxygen atoms in total. The molecule has 2 amide bonds. The molecule has 0 aliphatic heterocycles. The van der Waals surface area contributed by atoms with Gasteiger partial charge in [0, 0.05) is 7.05 Å². The van der Waals surface area contributed by atoms with Crippen LogP contribution in [0.2, 0.25) is 0 Å². The fourth-order valence-electron chi connectivity index (χ4n) is 0.482. The van der Waals surface area contributed by atoms with Crippen LogP contribution in [-0.4, -0.2) is 31.8 Å². The molecule has 0 fully saturated rings. The summed E-state index contributed by atoms with van der Waals surface area (Å²) in [7, 11) is 1.45. The normalized spacial score (nSPS) is 10.4. The molecule has 0 aliphatic carbocycles. The Labute approximate surface area is 75.5 Å². The number of carbonyl (C=O) groups excluding carboxylic acids is 2. The molecule has 0 atom stereocenters. The number of rotatable bonds is 5. The molecule has 3 N–H and O–H groups in total. The Hall–Kier alpha value is -1.85. The lowest BCUT2D eigenvalue weighted by Gasteiger charge is -2.06. The second-order valence-corrected chi connectivity index (χ2v) is 2.01. The molecule has 0 aromatic rings. The highest BCUT2D eigenvalue weighted by Crippen LogP contribution is 1.93. The Morgan fingerprint density at radius 1 is 1.77 bits per heavy atom. The zero-order chi connectivity index (χ0) is 10.3. The molecule has 0 aromatic carbocycles. The smallest absolute Gasteiger partial charge is 0.283 e. The van der Waals surface area contributed by atoms with Crippen molar-refractivity contribution in [2.24, 2.45) is 10.7 Å². The van der Waals surface area contributed by atoms with Crippen molar-refractivity contribution in [3.05, 3.63) is 12.3 Å². The number of hydrogen-bond acceptors (Lipinski definition) is 4. The van der Waals surface area contributed by atoms with Gasteiger partial charge in [-0.1, -0.05) is 6.58 Å². The van der Waals surface area contributed by atoms with E-state index in [0.29, 0.717) is 6.41 Å². The molecular formula is C7H11N3O3.